The second-order valence-corrected chi connectivity index (χ2v) is 3.44. The third-order valence-corrected chi connectivity index (χ3v) is 1.87. The van der Waals surface area contributed by atoms with E-state index in [-0.39, 0.29) is 5.75 Å². The Hall–Kier alpha value is -2.15. The molecule has 0 saturated carbocycles. The molecule has 1 aromatic rings. The number of nitrogens with one attached hydrogen (secondary N) is 1. The molecule has 2 amide bonds. The summed E-state index contributed by atoms with van der Waals surface area (Å²) >= 11 is 0. The van der Waals surface area contributed by atoms with Crippen molar-refractivity contribution in [3.05, 3.63) is 30.1 Å². The highest BCUT2D eigenvalue weighted by molar-refractivity contribution is 5.80. The molecule has 0 aromatic heterocycles. The Morgan fingerprint density at radius 3 is 2.83 bits per heavy atom. The van der Waals surface area contributed by atoms with Crippen LogP contribution in [0, 0.1) is 5.82 Å². The third-order valence-electron chi connectivity index (χ3n) is 1.87. The summed E-state index contributed by atoms with van der Waals surface area (Å²) in [6.07, 6.45) is -0.903. The molecule has 0 radical (unpaired) electrons. The van der Waals surface area contributed by atoms with E-state index in [1.54, 1.807) is 0 Å². The molecule has 1 atom stereocenters. The van der Waals surface area contributed by atoms with E-state index in [1.165, 1.54) is 25.1 Å². The summed E-state index contributed by atoms with van der Waals surface area (Å²) in [5.41, 5.74) is 6.80. The van der Waals surface area contributed by atoms with E-state index in [9.17, 15) is 14.0 Å². The van der Waals surface area contributed by atoms with Gasteiger partial charge in [-0.25, -0.2) is 9.87 Å². The Morgan fingerprint density at radius 2 is 2.22 bits per heavy atom. The Kier molecular flexibility index (Phi) is 5.06. The summed E-state index contributed by atoms with van der Waals surface area (Å²) in [5.74, 6) is -1.58. The second kappa shape index (κ2) is 6.55. The lowest BCUT2D eigenvalue weighted by Crippen LogP contribution is -2.38. The summed E-state index contributed by atoms with van der Waals surface area (Å²) in [5, 5.41) is 0. The van der Waals surface area contributed by atoms with Crippen LogP contribution in [0.3, 0.4) is 0 Å². The van der Waals surface area contributed by atoms with Gasteiger partial charge in [0.25, 0.3) is 5.91 Å². The monoisotopic (exact) mass is 256 g/mol. The quantitative estimate of drug-likeness (QED) is 0.707. The van der Waals surface area contributed by atoms with E-state index in [2.05, 4.69) is 4.84 Å². The van der Waals surface area contributed by atoms with E-state index >= 15 is 0 Å². The first kappa shape index (κ1) is 13.9. The highest BCUT2D eigenvalue weighted by Gasteiger charge is 2.15. The lowest BCUT2D eigenvalue weighted by molar-refractivity contribution is -0.143. The standard InChI is InChI=1S/C11H13FN2O4/c1-7(11(16)14-17-6-10(13)15)18-9-4-2-3-8(12)5-9/h2-5,7H,6H2,1H3,(H2,13,15)(H,14,16). The highest BCUT2D eigenvalue weighted by Crippen LogP contribution is 2.13. The summed E-state index contributed by atoms with van der Waals surface area (Å²) in [6.45, 7) is 1.02. The molecule has 0 aliphatic heterocycles. The van der Waals surface area contributed by atoms with Gasteiger partial charge in [0, 0.05) is 6.07 Å². The zero-order valence-electron chi connectivity index (χ0n) is 9.68. The highest BCUT2D eigenvalue weighted by atomic mass is 19.1. The minimum Gasteiger partial charge on any atom is -0.481 e. The van der Waals surface area contributed by atoms with Crippen LogP contribution in [0.1, 0.15) is 6.92 Å². The van der Waals surface area contributed by atoms with Crippen molar-refractivity contribution in [2.24, 2.45) is 5.73 Å². The van der Waals surface area contributed by atoms with E-state index in [4.69, 9.17) is 10.5 Å². The largest absolute Gasteiger partial charge is 0.481 e. The first-order chi connectivity index (χ1) is 8.49. The average Bonchev–Trinajstić information content (AvgIpc) is 2.28. The average molecular weight is 256 g/mol. The van der Waals surface area contributed by atoms with Gasteiger partial charge in [-0.3, -0.25) is 14.4 Å². The van der Waals surface area contributed by atoms with Gasteiger partial charge in [-0.2, -0.15) is 0 Å². The Balaban J connectivity index is 2.42. The zero-order valence-corrected chi connectivity index (χ0v) is 9.68. The number of amides is 2. The van der Waals surface area contributed by atoms with Crippen molar-refractivity contribution in [1.29, 1.82) is 0 Å². The molecular weight excluding hydrogens is 243 g/mol. The van der Waals surface area contributed by atoms with Crippen LogP contribution in [0.5, 0.6) is 5.75 Å². The minimum absolute atomic E-state index is 0.215. The second-order valence-electron chi connectivity index (χ2n) is 3.44. The van der Waals surface area contributed by atoms with Crippen molar-refractivity contribution in [3.8, 4) is 5.75 Å². The summed E-state index contributed by atoms with van der Waals surface area (Å²) in [7, 11) is 0. The number of nitrogens with two attached hydrogens (primary N) is 1. The fraction of sp³-hybridized carbons (Fsp3) is 0.273. The summed E-state index contributed by atoms with van der Waals surface area (Å²) in [4.78, 5) is 26.3. The normalized spacial score (nSPS) is 11.7. The van der Waals surface area contributed by atoms with Crippen molar-refractivity contribution in [3.63, 3.8) is 0 Å². The first-order valence-electron chi connectivity index (χ1n) is 5.11. The predicted molar refractivity (Wildman–Crippen MR) is 59.8 cm³/mol. The van der Waals surface area contributed by atoms with Gasteiger partial charge in [-0.1, -0.05) is 6.07 Å². The van der Waals surface area contributed by atoms with Gasteiger partial charge < -0.3 is 10.5 Å². The molecule has 98 valence electrons. The molecule has 0 spiro atoms. The number of hydrogen-bond donors (Lipinski definition) is 2. The van der Waals surface area contributed by atoms with Crippen LogP contribution < -0.4 is 16.0 Å². The van der Waals surface area contributed by atoms with Crippen LogP contribution >= 0.6 is 0 Å². The Morgan fingerprint density at radius 1 is 1.50 bits per heavy atom. The van der Waals surface area contributed by atoms with Gasteiger partial charge in [-0.15, -0.1) is 0 Å². The van der Waals surface area contributed by atoms with Crippen LogP contribution in [-0.2, 0) is 14.4 Å². The fourth-order valence-corrected chi connectivity index (χ4v) is 1.06. The molecule has 7 heteroatoms. The van der Waals surface area contributed by atoms with Gasteiger partial charge in [0.05, 0.1) is 0 Å². The van der Waals surface area contributed by atoms with Crippen molar-refractivity contribution in [1.82, 2.24) is 5.48 Å². The number of carbonyl (C=O) groups is 2. The maximum atomic E-state index is 12.9. The zero-order chi connectivity index (χ0) is 13.5. The molecule has 1 aromatic carbocycles. The molecule has 1 rings (SSSR count). The number of hydrogen-bond acceptors (Lipinski definition) is 4. The molecule has 0 aliphatic rings. The van der Waals surface area contributed by atoms with Crippen LogP contribution in [-0.4, -0.2) is 24.5 Å². The molecule has 18 heavy (non-hydrogen) atoms. The van der Waals surface area contributed by atoms with E-state index in [0.717, 1.165) is 6.07 Å². The van der Waals surface area contributed by atoms with Gasteiger partial charge in [0.2, 0.25) is 5.91 Å². The molecule has 0 aliphatic carbocycles. The minimum atomic E-state index is -0.903. The first-order valence-corrected chi connectivity index (χ1v) is 5.11. The van der Waals surface area contributed by atoms with Crippen LogP contribution in [0.4, 0.5) is 4.39 Å². The molecule has 6 nitrogen and oxygen atoms in total. The molecule has 0 heterocycles. The SMILES string of the molecule is CC(Oc1cccc(F)c1)C(=O)NOCC(N)=O. The van der Waals surface area contributed by atoms with Crippen molar-refractivity contribution in [2.45, 2.75) is 13.0 Å². The van der Waals surface area contributed by atoms with Gasteiger partial charge in [0.15, 0.2) is 12.7 Å². The molecule has 0 bridgehead atoms. The van der Waals surface area contributed by atoms with Crippen molar-refractivity contribution >= 4 is 11.8 Å². The predicted octanol–water partition coefficient (Wildman–Crippen LogP) is 0.126. The molecular formula is C11H13FN2O4. The number of carbonyl (C=O) groups excluding carboxylic acids is 2. The lowest BCUT2D eigenvalue weighted by Gasteiger charge is -2.14. The number of halogens is 1. The van der Waals surface area contributed by atoms with Gasteiger partial charge >= 0.3 is 0 Å². The number of benzene rings is 1. The van der Waals surface area contributed by atoms with Crippen LogP contribution in [0.2, 0.25) is 0 Å². The number of hydroxylamine groups is 1. The van der Waals surface area contributed by atoms with Crippen molar-refractivity contribution < 1.29 is 23.6 Å². The molecule has 1 unspecified atom stereocenters. The fourth-order valence-electron chi connectivity index (χ4n) is 1.06. The van der Waals surface area contributed by atoms with Crippen LogP contribution in [0.15, 0.2) is 24.3 Å². The smallest absolute Gasteiger partial charge is 0.284 e. The summed E-state index contributed by atoms with van der Waals surface area (Å²) in [6, 6.07) is 5.37. The molecule has 3 N–H and O–H groups in total. The van der Waals surface area contributed by atoms with Gasteiger partial charge in [0.1, 0.15) is 11.6 Å². The van der Waals surface area contributed by atoms with Crippen molar-refractivity contribution in [2.75, 3.05) is 6.61 Å². The maximum Gasteiger partial charge on any atom is 0.284 e. The topological polar surface area (TPSA) is 90.7 Å². The Labute approximate surface area is 103 Å². The van der Waals surface area contributed by atoms with E-state index in [0.29, 0.717) is 0 Å². The molecule has 0 saturated heterocycles. The number of rotatable bonds is 6. The molecule has 0 fully saturated rings. The lowest BCUT2D eigenvalue weighted by atomic mass is 10.3. The van der Waals surface area contributed by atoms with Crippen LogP contribution in [0.25, 0.3) is 0 Å². The van der Waals surface area contributed by atoms with Gasteiger partial charge in [-0.05, 0) is 19.1 Å². The summed E-state index contributed by atoms with van der Waals surface area (Å²) < 4.78 is 18.0. The maximum absolute atomic E-state index is 12.9. The third kappa shape index (κ3) is 4.79. The number of ether oxygens (including phenoxy) is 1. The number of primary amides is 1. The Bertz CT molecular complexity index is 439. The van der Waals surface area contributed by atoms with E-state index < -0.39 is 30.3 Å². The van der Waals surface area contributed by atoms with E-state index in [1.807, 2.05) is 5.48 Å².